The Hall–Kier alpha value is 0. The van der Waals surface area contributed by atoms with Gasteiger partial charge < -0.3 is 0 Å². The van der Waals surface area contributed by atoms with Crippen LogP contribution in [0.15, 0.2) is 0 Å². The van der Waals surface area contributed by atoms with Crippen molar-refractivity contribution in [1.29, 1.82) is 0 Å². The number of hydrogen-bond acceptors (Lipinski definition) is 0. The second-order valence-electron chi connectivity index (χ2n) is 5.74. The monoisotopic (exact) mass is 198 g/mol. The first-order valence-corrected chi connectivity index (χ1v) is 6.43. The molecule has 0 aromatic heterocycles. The molecule has 86 valence electrons. The Morgan fingerprint density at radius 3 is 1.64 bits per heavy atom. The van der Waals surface area contributed by atoms with Gasteiger partial charge in [-0.05, 0) is 30.1 Å². The van der Waals surface area contributed by atoms with E-state index in [1.165, 1.54) is 38.5 Å². The van der Waals surface area contributed by atoms with Crippen molar-refractivity contribution in [3.05, 3.63) is 0 Å². The van der Waals surface area contributed by atoms with Crippen LogP contribution in [0.1, 0.15) is 80.1 Å². The van der Waals surface area contributed by atoms with Gasteiger partial charge in [0, 0.05) is 0 Å². The summed E-state index contributed by atoms with van der Waals surface area (Å²) in [6, 6.07) is 0. The van der Waals surface area contributed by atoms with Crippen molar-refractivity contribution in [2.75, 3.05) is 0 Å². The van der Waals surface area contributed by atoms with E-state index >= 15 is 0 Å². The molecule has 0 N–H and O–H groups in total. The second kappa shape index (κ2) is 5.78. The number of unbranched alkanes of at least 4 members (excludes halogenated alkanes) is 1. The van der Waals surface area contributed by atoms with Gasteiger partial charge in [0.2, 0.25) is 0 Å². The molecule has 0 nitrogen and oxygen atoms in total. The molecule has 0 radical (unpaired) electrons. The summed E-state index contributed by atoms with van der Waals surface area (Å²) in [5.41, 5.74) is 1.05. The van der Waals surface area contributed by atoms with Gasteiger partial charge in [0.05, 0.1) is 0 Å². The lowest BCUT2D eigenvalue weighted by atomic mass is 9.60. The molecule has 0 bridgehead atoms. The largest absolute Gasteiger partial charge is 0.0654 e. The smallest absolute Gasteiger partial charge is 0.0252 e. The third-order valence-corrected chi connectivity index (χ3v) is 4.01. The quantitative estimate of drug-likeness (QED) is 0.534. The molecule has 0 saturated carbocycles. The van der Waals surface area contributed by atoms with E-state index in [-0.39, 0.29) is 0 Å². The molecule has 0 aromatic rings. The summed E-state index contributed by atoms with van der Waals surface area (Å²) in [6.45, 7) is 14.2. The second-order valence-corrected chi connectivity index (χ2v) is 5.74. The van der Waals surface area contributed by atoms with Crippen LogP contribution in [0, 0.1) is 10.8 Å². The summed E-state index contributed by atoms with van der Waals surface area (Å²) in [4.78, 5) is 0. The van der Waals surface area contributed by atoms with Gasteiger partial charge in [0.1, 0.15) is 0 Å². The van der Waals surface area contributed by atoms with Crippen molar-refractivity contribution < 1.29 is 0 Å². The molecular weight excluding hydrogens is 168 g/mol. The van der Waals surface area contributed by atoms with Gasteiger partial charge in [-0.1, -0.05) is 60.8 Å². The molecule has 0 saturated heterocycles. The summed E-state index contributed by atoms with van der Waals surface area (Å²) in [7, 11) is 0. The molecule has 1 unspecified atom stereocenters. The fraction of sp³-hybridized carbons (Fsp3) is 1.00. The zero-order chi connectivity index (χ0) is 11.2. The number of rotatable bonds is 6. The van der Waals surface area contributed by atoms with Crippen LogP contribution in [-0.4, -0.2) is 0 Å². The van der Waals surface area contributed by atoms with Gasteiger partial charge >= 0.3 is 0 Å². The van der Waals surface area contributed by atoms with E-state index in [0.29, 0.717) is 10.8 Å². The first kappa shape index (κ1) is 14.0. The SMILES string of the molecule is CCCCC(CC)(CCC)C(C)(C)C. The van der Waals surface area contributed by atoms with Gasteiger partial charge in [-0.25, -0.2) is 0 Å². The van der Waals surface area contributed by atoms with E-state index in [9.17, 15) is 0 Å². The van der Waals surface area contributed by atoms with Crippen molar-refractivity contribution in [3.8, 4) is 0 Å². The maximum absolute atomic E-state index is 2.42. The fourth-order valence-electron chi connectivity index (χ4n) is 2.75. The van der Waals surface area contributed by atoms with E-state index in [0.717, 1.165) is 0 Å². The van der Waals surface area contributed by atoms with E-state index in [1.54, 1.807) is 0 Å². The summed E-state index contributed by atoms with van der Waals surface area (Å²) in [5.74, 6) is 0. The van der Waals surface area contributed by atoms with Gasteiger partial charge in [-0.2, -0.15) is 0 Å². The summed E-state index contributed by atoms with van der Waals surface area (Å²) in [5, 5.41) is 0. The Bertz CT molecular complexity index is 141. The molecule has 14 heavy (non-hydrogen) atoms. The number of hydrogen-bond donors (Lipinski definition) is 0. The van der Waals surface area contributed by atoms with Crippen molar-refractivity contribution in [3.63, 3.8) is 0 Å². The zero-order valence-electron chi connectivity index (χ0n) is 11.2. The molecule has 0 amide bonds. The third-order valence-electron chi connectivity index (χ3n) is 4.01. The average molecular weight is 198 g/mol. The van der Waals surface area contributed by atoms with Crippen molar-refractivity contribution in [2.45, 2.75) is 80.1 Å². The van der Waals surface area contributed by atoms with Gasteiger partial charge in [0.15, 0.2) is 0 Å². The summed E-state index contributed by atoms with van der Waals surface area (Å²) >= 11 is 0. The highest BCUT2D eigenvalue weighted by molar-refractivity contribution is 4.88. The minimum atomic E-state index is 0.465. The Labute approximate surface area is 91.5 Å². The van der Waals surface area contributed by atoms with Gasteiger partial charge in [-0.3, -0.25) is 0 Å². The minimum absolute atomic E-state index is 0.465. The molecule has 0 spiro atoms. The zero-order valence-corrected chi connectivity index (χ0v) is 11.2. The standard InChI is InChI=1S/C14H30/c1-7-10-12-14(9-3,11-8-2)13(4,5)6/h7-12H2,1-6H3. The molecule has 0 aliphatic rings. The molecule has 0 aliphatic heterocycles. The highest BCUT2D eigenvalue weighted by Gasteiger charge is 2.38. The van der Waals surface area contributed by atoms with E-state index < -0.39 is 0 Å². The van der Waals surface area contributed by atoms with Crippen LogP contribution in [0.25, 0.3) is 0 Å². The Morgan fingerprint density at radius 1 is 0.786 bits per heavy atom. The van der Waals surface area contributed by atoms with Gasteiger partial charge in [0.25, 0.3) is 0 Å². The lowest BCUT2D eigenvalue weighted by Crippen LogP contribution is -2.35. The van der Waals surface area contributed by atoms with Crippen molar-refractivity contribution in [2.24, 2.45) is 10.8 Å². The van der Waals surface area contributed by atoms with Crippen LogP contribution in [0.5, 0.6) is 0 Å². The summed E-state index contributed by atoms with van der Waals surface area (Å²) < 4.78 is 0. The molecule has 0 heteroatoms. The lowest BCUT2D eigenvalue weighted by Gasteiger charge is -2.45. The van der Waals surface area contributed by atoms with Crippen LogP contribution in [-0.2, 0) is 0 Å². The van der Waals surface area contributed by atoms with E-state index in [4.69, 9.17) is 0 Å². The predicted molar refractivity (Wildman–Crippen MR) is 66.6 cm³/mol. The lowest BCUT2D eigenvalue weighted by molar-refractivity contribution is 0.0542. The van der Waals surface area contributed by atoms with Crippen LogP contribution in [0.2, 0.25) is 0 Å². The van der Waals surface area contributed by atoms with Crippen LogP contribution < -0.4 is 0 Å². The molecule has 1 atom stereocenters. The van der Waals surface area contributed by atoms with E-state index in [2.05, 4.69) is 41.5 Å². The van der Waals surface area contributed by atoms with Crippen LogP contribution in [0.3, 0.4) is 0 Å². The van der Waals surface area contributed by atoms with Crippen LogP contribution >= 0.6 is 0 Å². The summed E-state index contributed by atoms with van der Waals surface area (Å²) in [6.07, 6.45) is 8.20. The topological polar surface area (TPSA) is 0 Å². The first-order valence-electron chi connectivity index (χ1n) is 6.43. The van der Waals surface area contributed by atoms with Crippen LogP contribution in [0.4, 0.5) is 0 Å². The molecule has 0 aromatic carbocycles. The maximum atomic E-state index is 2.42. The highest BCUT2D eigenvalue weighted by atomic mass is 14.4. The molecule has 0 fully saturated rings. The molecule has 0 heterocycles. The predicted octanol–water partition coefficient (Wildman–Crippen LogP) is 5.42. The maximum Gasteiger partial charge on any atom is -0.0252 e. The fourth-order valence-corrected chi connectivity index (χ4v) is 2.75. The van der Waals surface area contributed by atoms with E-state index in [1.807, 2.05) is 0 Å². The van der Waals surface area contributed by atoms with Crippen molar-refractivity contribution in [1.82, 2.24) is 0 Å². The normalized spacial score (nSPS) is 16.7. The average Bonchev–Trinajstić information content (AvgIpc) is 2.10. The third kappa shape index (κ3) is 3.29. The molecule has 0 rings (SSSR count). The Morgan fingerprint density at radius 2 is 1.36 bits per heavy atom. The Kier molecular flexibility index (Phi) is 5.78. The molecular formula is C14H30. The highest BCUT2D eigenvalue weighted by Crippen LogP contribution is 2.48. The first-order chi connectivity index (χ1) is 6.43. The molecule has 0 aliphatic carbocycles. The minimum Gasteiger partial charge on any atom is -0.0654 e. The Balaban J connectivity index is 4.60. The van der Waals surface area contributed by atoms with Crippen molar-refractivity contribution >= 4 is 0 Å². The van der Waals surface area contributed by atoms with Gasteiger partial charge in [-0.15, -0.1) is 0 Å².